The Kier molecular flexibility index (Phi) is 4.49. The first kappa shape index (κ1) is 14.2. The second-order valence-corrected chi connectivity index (χ2v) is 4.74. The van der Waals surface area contributed by atoms with Crippen LogP contribution in [0.4, 0.5) is 10.5 Å². The van der Waals surface area contributed by atoms with Crippen LogP contribution in [0.15, 0.2) is 24.3 Å². The number of hydrogen-bond donors (Lipinski definition) is 3. The van der Waals surface area contributed by atoms with Gasteiger partial charge >= 0.3 is 6.03 Å². The van der Waals surface area contributed by atoms with Crippen LogP contribution in [0.1, 0.15) is 13.8 Å². The fraction of sp³-hybridized carbons (Fsp3) is 0.333. The van der Waals surface area contributed by atoms with E-state index in [0.717, 1.165) is 5.75 Å². The van der Waals surface area contributed by atoms with Crippen molar-refractivity contribution in [2.75, 3.05) is 12.4 Å². The number of benzene rings is 1. The first-order valence-corrected chi connectivity index (χ1v) is 5.79. The first-order valence-electron chi connectivity index (χ1n) is 5.38. The minimum atomic E-state index is -0.730. The van der Waals surface area contributed by atoms with Gasteiger partial charge < -0.3 is 21.1 Å². The van der Waals surface area contributed by atoms with Gasteiger partial charge in [0.25, 0.3) is 0 Å². The summed E-state index contributed by atoms with van der Waals surface area (Å²) in [4.78, 5) is 11.9. The van der Waals surface area contributed by atoms with Gasteiger partial charge in [0.05, 0.1) is 17.6 Å². The molecule has 0 radical (unpaired) electrons. The molecule has 4 N–H and O–H groups in total. The highest BCUT2D eigenvalue weighted by atomic mass is 32.1. The fourth-order valence-electron chi connectivity index (χ4n) is 1.18. The van der Waals surface area contributed by atoms with E-state index in [9.17, 15) is 4.79 Å². The largest absolute Gasteiger partial charge is 0.497 e. The van der Waals surface area contributed by atoms with Crippen molar-refractivity contribution in [1.29, 1.82) is 0 Å². The Morgan fingerprint density at radius 2 is 1.89 bits per heavy atom. The minimum Gasteiger partial charge on any atom is -0.497 e. The quantitative estimate of drug-likeness (QED) is 0.728. The van der Waals surface area contributed by atoms with E-state index in [0.29, 0.717) is 5.69 Å². The highest BCUT2D eigenvalue weighted by Crippen LogP contribution is 2.15. The average molecular weight is 267 g/mol. The Balaban J connectivity index is 2.62. The number of carbonyl (C=O) groups excluding carboxylic acids is 1. The molecule has 18 heavy (non-hydrogen) atoms. The zero-order chi connectivity index (χ0) is 13.8. The number of urea groups is 1. The molecule has 1 aromatic carbocycles. The molecule has 0 heterocycles. The summed E-state index contributed by atoms with van der Waals surface area (Å²) in [6.45, 7) is 3.48. The molecule has 5 nitrogen and oxygen atoms in total. The smallest absolute Gasteiger partial charge is 0.319 e. The molecule has 0 saturated carbocycles. The molecule has 0 aliphatic rings. The molecule has 0 spiro atoms. The van der Waals surface area contributed by atoms with E-state index < -0.39 is 5.54 Å². The molecule has 0 unspecified atom stereocenters. The van der Waals surface area contributed by atoms with E-state index in [4.69, 9.17) is 22.7 Å². The molecule has 0 fully saturated rings. The van der Waals surface area contributed by atoms with E-state index in [1.54, 1.807) is 45.2 Å². The highest BCUT2D eigenvalue weighted by molar-refractivity contribution is 7.80. The van der Waals surface area contributed by atoms with Crippen molar-refractivity contribution in [3.8, 4) is 5.75 Å². The third-order valence-corrected chi connectivity index (χ3v) is 2.90. The number of anilines is 1. The molecule has 0 atom stereocenters. The van der Waals surface area contributed by atoms with Crippen molar-refractivity contribution in [2.45, 2.75) is 19.4 Å². The summed E-state index contributed by atoms with van der Waals surface area (Å²) in [5.74, 6) is 0.726. The van der Waals surface area contributed by atoms with Crippen molar-refractivity contribution in [1.82, 2.24) is 5.32 Å². The zero-order valence-corrected chi connectivity index (χ0v) is 11.4. The lowest BCUT2D eigenvalue weighted by atomic mass is 10.1. The van der Waals surface area contributed by atoms with E-state index in [1.807, 2.05) is 0 Å². The van der Waals surface area contributed by atoms with Gasteiger partial charge in [0.1, 0.15) is 5.75 Å². The van der Waals surface area contributed by atoms with Crippen LogP contribution in [0.2, 0.25) is 0 Å². The zero-order valence-electron chi connectivity index (χ0n) is 10.6. The molecule has 98 valence electrons. The summed E-state index contributed by atoms with van der Waals surface area (Å²) in [6.07, 6.45) is 0. The van der Waals surface area contributed by atoms with Crippen LogP contribution in [-0.4, -0.2) is 23.7 Å². The number of nitrogens with two attached hydrogens (primary N) is 1. The Hall–Kier alpha value is -1.82. The second kappa shape index (κ2) is 5.68. The fourth-order valence-corrected chi connectivity index (χ4v) is 1.23. The molecule has 0 aliphatic heterocycles. The van der Waals surface area contributed by atoms with Gasteiger partial charge in [-0.25, -0.2) is 4.79 Å². The van der Waals surface area contributed by atoms with Crippen LogP contribution in [-0.2, 0) is 0 Å². The Morgan fingerprint density at radius 3 is 2.33 bits per heavy atom. The van der Waals surface area contributed by atoms with Crippen LogP contribution in [0.5, 0.6) is 5.75 Å². The molecule has 1 aromatic rings. The lowest BCUT2D eigenvalue weighted by Gasteiger charge is -2.24. The lowest BCUT2D eigenvalue weighted by Crippen LogP contribution is -2.53. The predicted octanol–water partition coefficient (Wildman–Crippen LogP) is 1.88. The third-order valence-electron chi connectivity index (χ3n) is 2.39. The van der Waals surface area contributed by atoms with E-state index in [2.05, 4.69) is 10.6 Å². The maximum Gasteiger partial charge on any atom is 0.319 e. The van der Waals surface area contributed by atoms with Gasteiger partial charge in [-0.3, -0.25) is 0 Å². The van der Waals surface area contributed by atoms with E-state index in [-0.39, 0.29) is 11.0 Å². The molecular formula is C12H17N3O2S. The minimum absolute atomic E-state index is 0.229. The van der Waals surface area contributed by atoms with Crippen LogP contribution < -0.4 is 21.1 Å². The second-order valence-electron chi connectivity index (χ2n) is 4.30. The number of hydrogen-bond acceptors (Lipinski definition) is 3. The first-order chi connectivity index (χ1) is 8.35. The number of methoxy groups -OCH3 is 1. The monoisotopic (exact) mass is 267 g/mol. The van der Waals surface area contributed by atoms with E-state index >= 15 is 0 Å². The van der Waals surface area contributed by atoms with Crippen LogP contribution in [0.3, 0.4) is 0 Å². The van der Waals surface area contributed by atoms with Gasteiger partial charge in [0, 0.05) is 5.69 Å². The number of rotatable bonds is 4. The topological polar surface area (TPSA) is 76.4 Å². The van der Waals surface area contributed by atoms with Crippen LogP contribution >= 0.6 is 12.2 Å². The molecule has 1 rings (SSSR count). The van der Waals surface area contributed by atoms with Crippen LogP contribution in [0.25, 0.3) is 0 Å². The third kappa shape index (κ3) is 3.89. The van der Waals surface area contributed by atoms with E-state index in [1.165, 1.54) is 0 Å². The number of amides is 2. The maximum atomic E-state index is 11.7. The molecule has 0 aliphatic carbocycles. The molecule has 6 heteroatoms. The molecule has 2 amide bonds. The molecule has 0 saturated heterocycles. The van der Waals surface area contributed by atoms with Gasteiger partial charge in [0.2, 0.25) is 0 Å². The van der Waals surface area contributed by atoms with Gasteiger partial charge in [-0.15, -0.1) is 0 Å². The van der Waals surface area contributed by atoms with Crippen molar-refractivity contribution < 1.29 is 9.53 Å². The van der Waals surface area contributed by atoms with Gasteiger partial charge in [0.15, 0.2) is 0 Å². The van der Waals surface area contributed by atoms with Crippen molar-refractivity contribution in [2.24, 2.45) is 5.73 Å². The summed E-state index contributed by atoms with van der Waals surface area (Å²) in [5.41, 5.74) is 5.45. The SMILES string of the molecule is COc1ccc(NC(=O)NC(C)(C)C(N)=S)cc1. The van der Waals surface area contributed by atoms with Gasteiger partial charge in [-0.1, -0.05) is 12.2 Å². The maximum absolute atomic E-state index is 11.7. The summed E-state index contributed by atoms with van der Waals surface area (Å²) >= 11 is 4.87. The number of carbonyl (C=O) groups is 1. The molecule has 0 aromatic heterocycles. The summed E-state index contributed by atoms with van der Waals surface area (Å²) in [5, 5.41) is 5.37. The van der Waals surface area contributed by atoms with Crippen molar-refractivity contribution >= 4 is 28.9 Å². The Labute approximate surface area is 112 Å². The normalized spacial score (nSPS) is 10.6. The Morgan fingerprint density at radius 1 is 1.33 bits per heavy atom. The summed E-state index contributed by atoms with van der Waals surface area (Å²) in [6, 6.07) is 6.64. The molecule has 0 bridgehead atoms. The van der Waals surface area contributed by atoms with Crippen molar-refractivity contribution in [3.63, 3.8) is 0 Å². The van der Waals surface area contributed by atoms with Crippen molar-refractivity contribution in [3.05, 3.63) is 24.3 Å². The lowest BCUT2D eigenvalue weighted by molar-refractivity contribution is 0.247. The Bertz CT molecular complexity index is 443. The van der Waals surface area contributed by atoms with Crippen LogP contribution in [0, 0.1) is 0 Å². The predicted molar refractivity (Wildman–Crippen MR) is 76.0 cm³/mol. The standard InChI is InChI=1S/C12H17N3O2S/c1-12(2,10(13)18)15-11(16)14-8-4-6-9(17-3)7-5-8/h4-7H,1-3H3,(H2,13,18)(H2,14,15,16). The average Bonchev–Trinajstić information content (AvgIpc) is 2.29. The van der Waals surface area contributed by atoms with Gasteiger partial charge in [-0.05, 0) is 38.1 Å². The highest BCUT2D eigenvalue weighted by Gasteiger charge is 2.23. The number of thiocarbonyl (C=S) groups is 1. The van der Waals surface area contributed by atoms with Gasteiger partial charge in [-0.2, -0.15) is 0 Å². The summed E-state index contributed by atoms with van der Waals surface area (Å²) < 4.78 is 5.02. The molecular weight excluding hydrogens is 250 g/mol. The number of ether oxygens (including phenoxy) is 1. The summed E-state index contributed by atoms with van der Waals surface area (Å²) in [7, 11) is 1.58. The number of nitrogens with one attached hydrogen (secondary N) is 2.